The molecule has 2 aromatic carbocycles. The van der Waals surface area contributed by atoms with Crippen LogP contribution in [0.3, 0.4) is 0 Å². The van der Waals surface area contributed by atoms with Gasteiger partial charge in [0.1, 0.15) is 0 Å². The van der Waals surface area contributed by atoms with Gasteiger partial charge in [-0.3, -0.25) is 4.79 Å². The highest BCUT2D eigenvalue weighted by Gasteiger charge is 2.37. The van der Waals surface area contributed by atoms with Crippen LogP contribution in [-0.2, 0) is 21.6 Å². The van der Waals surface area contributed by atoms with Crippen LogP contribution in [0.5, 0.6) is 11.5 Å². The van der Waals surface area contributed by atoms with E-state index >= 15 is 0 Å². The number of carbonyl (C=O) groups is 1. The molecule has 6 nitrogen and oxygen atoms in total. The number of rotatable bonds is 4. The summed E-state index contributed by atoms with van der Waals surface area (Å²) >= 11 is 3.38. The Morgan fingerprint density at radius 3 is 2.78 bits per heavy atom. The first kappa shape index (κ1) is 18.0. The van der Waals surface area contributed by atoms with E-state index in [4.69, 9.17) is 14.2 Å². The Balaban J connectivity index is 1.46. The number of carbonyl (C=O) groups excluding carboxylic acids is 1. The van der Waals surface area contributed by atoms with E-state index in [2.05, 4.69) is 26.5 Å². The van der Waals surface area contributed by atoms with E-state index in [0.29, 0.717) is 12.4 Å². The summed E-state index contributed by atoms with van der Waals surface area (Å²) < 4.78 is 17.9. The maximum Gasteiger partial charge on any atom is 0.243 e. The van der Waals surface area contributed by atoms with E-state index in [-0.39, 0.29) is 19.1 Å². The zero-order valence-corrected chi connectivity index (χ0v) is 16.4. The lowest BCUT2D eigenvalue weighted by Crippen LogP contribution is -2.37. The number of hydrazone groups is 1. The van der Waals surface area contributed by atoms with Crippen LogP contribution in [0, 0.1) is 0 Å². The second-order valence-corrected chi connectivity index (χ2v) is 7.63. The predicted octanol–water partition coefficient (Wildman–Crippen LogP) is 3.51. The molecule has 0 radical (unpaired) electrons. The van der Waals surface area contributed by atoms with Crippen LogP contribution < -0.4 is 14.9 Å². The van der Waals surface area contributed by atoms with Gasteiger partial charge in [0.15, 0.2) is 11.5 Å². The van der Waals surface area contributed by atoms with E-state index in [0.717, 1.165) is 33.3 Å². The molecule has 2 aliphatic heterocycles. The predicted molar refractivity (Wildman–Crippen MR) is 104 cm³/mol. The van der Waals surface area contributed by atoms with Gasteiger partial charge in [-0.2, -0.15) is 5.10 Å². The average molecular weight is 431 g/mol. The second kappa shape index (κ2) is 7.32. The first-order chi connectivity index (χ1) is 13.0. The molecule has 0 bridgehead atoms. The molecule has 1 atom stereocenters. The van der Waals surface area contributed by atoms with Crippen molar-refractivity contribution in [2.75, 3.05) is 13.4 Å². The third-order valence-corrected chi connectivity index (χ3v) is 5.26. The number of amides is 1. The fourth-order valence-corrected chi connectivity index (χ4v) is 3.63. The van der Waals surface area contributed by atoms with E-state index < -0.39 is 5.60 Å². The van der Waals surface area contributed by atoms with E-state index in [1.165, 1.54) is 0 Å². The molecule has 0 fully saturated rings. The van der Waals surface area contributed by atoms with Gasteiger partial charge in [-0.05, 0) is 54.3 Å². The molecule has 4 rings (SSSR count). The summed E-state index contributed by atoms with van der Waals surface area (Å²) in [6, 6.07) is 11.6. The molecule has 0 saturated heterocycles. The fraction of sp³-hybridized carbons (Fsp3) is 0.300. The van der Waals surface area contributed by atoms with Crippen LogP contribution in [0.25, 0.3) is 0 Å². The molecule has 0 aliphatic carbocycles. The van der Waals surface area contributed by atoms with Crippen LogP contribution in [-0.4, -0.2) is 25.5 Å². The number of benzene rings is 2. The summed E-state index contributed by atoms with van der Waals surface area (Å²) in [6.07, 6.45) is 2.56. The zero-order chi connectivity index (χ0) is 18.9. The lowest BCUT2D eigenvalue weighted by Gasteiger charge is -2.35. The molecule has 2 aliphatic rings. The van der Waals surface area contributed by atoms with Crippen molar-refractivity contribution in [2.45, 2.75) is 25.4 Å². The van der Waals surface area contributed by atoms with Gasteiger partial charge < -0.3 is 14.2 Å². The first-order valence-electron chi connectivity index (χ1n) is 8.68. The van der Waals surface area contributed by atoms with E-state index in [1.54, 1.807) is 6.21 Å². The molecule has 1 unspecified atom stereocenters. The minimum absolute atomic E-state index is 0.164. The highest BCUT2D eigenvalue weighted by molar-refractivity contribution is 9.10. The molecule has 0 aromatic heterocycles. The highest BCUT2D eigenvalue weighted by Crippen LogP contribution is 2.43. The average Bonchev–Trinajstić information content (AvgIpc) is 3.10. The summed E-state index contributed by atoms with van der Waals surface area (Å²) in [6.45, 7) is 2.70. The second-order valence-electron chi connectivity index (χ2n) is 6.71. The Hall–Kier alpha value is -2.38. The van der Waals surface area contributed by atoms with Crippen molar-refractivity contribution < 1.29 is 19.0 Å². The summed E-state index contributed by atoms with van der Waals surface area (Å²) in [5.41, 5.74) is 4.84. The lowest BCUT2D eigenvalue weighted by atomic mass is 9.84. The van der Waals surface area contributed by atoms with Gasteiger partial charge in [0.05, 0.1) is 24.8 Å². The van der Waals surface area contributed by atoms with Crippen LogP contribution in [0.2, 0.25) is 0 Å². The van der Waals surface area contributed by atoms with Crippen molar-refractivity contribution in [3.8, 4) is 11.5 Å². The highest BCUT2D eigenvalue weighted by atomic mass is 79.9. The van der Waals surface area contributed by atoms with Crippen molar-refractivity contribution in [1.29, 1.82) is 0 Å². The van der Waals surface area contributed by atoms with Crippen molar-refractivity contribution in [1.82, 2.24) is 5.43 Å². The minimum atomic E-state index is -0.730. The van der Waals surface area contributed by atoms with Crippen LogP contribution in [0.4, 0.5) is 0 Å². The topological polar surface area (TPSA) is 69.2 Å². The van der Waals surface area contributed by atoms with Crippen molar-refractivity contribution in [2.24, 2.45) is 5.10 Å². The molecule has 0 spiro atoms. The summed E-state index contributed by atoms with van der Waals surface area (Å²) in [5.74, 6) is 1.23. The Morgan fingerprint density at radius 1 is 1.26 bits per heavy atom. The molecule has 140 valence electrons. The monoisotopic (exact) mass is 430 g/mol. The molecular weight excluding hydrogens is 412 g/mol. The third kappa shape index (κ3) is 3.84. The Labute approximate surface area is 165 Å². The van der Waals surface area contributed by atoms with Gasteiger partial charge in [-0.15, -0.1) is 0 Å². The number of nitrogens with zero attached hydrogens (tertiary/aromatic N) is 1. The first-order valence-corrected chi connectivity index (χ1v) is 9.47. The number of nitrogens with one attached hydrogen (secondary N) is 1. The molecule has 27 heavy (non-hydrogen) atoms. The summed E-state index contributed by atoms with van der Waals surface area (Å²) in [4.78, 5) is 12.4. The number of hydrogen-bond acceptors (Lipinski definition) is 5. The van der Waals surface area contributed by atoms with Gasteiger partial charge in [0.2, 0.25) is 12.7 Å². The molecule has 1 amide bonds. The Morgan fingerprint density at radius 2 is 2.00 bits per heavy atom. The fourth-order valence-electron chi connectivity index (χ4n) is 3.37. The third-order valence-electron chi connectivity index (χ3n) is 4.73. The molecular formula is C20H19BrN2O4. The SMILES string of the molecule is CC1(CC(=O)N/N=C/c2ccc(Br)cc2)OCCc2cc3c(cc21)OCO3. The Bertz CT molecular complexity index is 898. The smallest absolute Gasteiger partial charge is 0.243 e. The molecule has 0 saturated carbocycles. The largest absolute Gasteiger partial charge is 0.454 e. The van der Waals surface area contributed by atoms with Crippen molar-refractivity contribution in [3.05, 3.63) is 57.6 Å². The maximum atomic E-state index is 12.4. The standard InChI is InChI=1S/C20H19BrN2O4/c1-20(10-19(24)23-22-11-13-2-4-15(21)5-3-13)16-9-18-17(25-12-26-18)8-14(16)6-7-27-20/h2-5,8-9,11H,6-7,10,12H2,1H3,(H,23,24)/b22-11+. The summed E-state index contributed by atoms with van der Waals surface area (Å²) in [7, 11) is 0. The van der Waals surface area contributed by atoms with Gasteiger partial charge in [0, 0.05) is 4.47 Å². The number of hydrogen-bond donors (Lipinski definition) is 1. The quantitative estimate of drug-likeness (QED) is 0.595. The van der Waals surface area contributed by atoms with Crippen LogP contribution in [0.15, 0.2) is 46.0 Å². The minimum Gasteiger partial charge on any atom is -0.454 e. The normalized spacial score (nSPS) is 20.5. The van der Waals surface area contributed by atoms with Gasteiger partial charge in [0.25, 0.3) is 0 Å². The molecule has 7 heteroatoms. The number of fused-ring (bicyclic) bond motifs is 2. The van der Waals surface area contributed by atoms with E-state index in [9.17, 15) is 4.79 Å². The van der Waals surface area contributed by atoms with Crippen LogP contribution >= 0.6 is 15.9 Å². The van der Waals surface area contributed by atoms with E-state index in [1.807, 2.05) is 43.3 Å². The van der Waals surface area contributed by atoms with Crippen molar-refractivity contribution in [3.63, 3.8) is 0 Å². The number of ether oxygens (including phenoxy) is 3. The molecule has 1 N–H and O–H groups in total. The van der Waals surface area contributed by atoms with Gasteiger partial charge in [-0.25, -0.2) is 5.43 Å². The maximum absolute atomic E-state index is 12.4. The van der Waals surface area contributed by atoms with Crippen molar-refractivity contribution >= 4 is 28.1 Å². The van der Waals surface area contributed by atoms with Crippen LogP contribution in [0.1, 0.15) is 30.0 Å². The molecule has 2 aromatic rings. The van der Waals surface area contributed by atoms with Gasteiger partial charge >= 0.3 is 0 Å². The lowest BCUT2D eigenvalue weighted by molar-refractivity contribution is -0.130. The summed E-state index contributed by atoms with van der Waals surface area (Å²) in [5, 5.41) is 4.04. The zero-order valence-electron chi connectivity index (χ0n) is 14.8. The Kier molecular flexibility index (Phi) is 4.88. The van der Waals surface area contributed by atoms with Gasteiger partial charge in [-0.1, -0.05) is 28.1 Å². The molecule has 2 heterocycles. The number of halogens is 1.